The van der Waals surface area contributed by atoms with Gasteiger partial charge in [-0.15, -0.1) is 0 Å². The van der Waals surface area contributed by atoms with Gasteiger partial charge in [0.05, 0.1) is 24.4 Å². The normalized spacial score (nSPS) is 17.4. The number of hydrogen-bond acceptors (Lipinski definition) is 10. The van der Waals surface area contributed by atoms with Crippen molar-refractivity contribution in [1.82, 2.24) is 9.80 Å². The predicted molar refractivity (Wildman–Crippen MR) is 123 cm³/mol. The van der Waals surface area contributed by atoms with Crippen LogP contribution < -0.4 is 0 Å². The molecule has 0 amide bonds. The van der Waals surface area contributed by atoms with Crippen molar-refractivity contribution < 1.29 is 75.5 Å². The third-order valence-corrected chi connectivity index (χ3v) is 6.60. The SMILES string of the molecule is CC(CN(CCN(CC(C)OP(=O)(O)O)CC(C)OP(=O)(O)O)CC(C)OP(=O)(O)O)OP(=O)(O)O. The predicted octanol–water partition coefficient (Wildman–Crippen LogP) is -0.418. The maximum absolute atomic E-state index is 11.1. The first-order valence-electron chi connectivity index (χ1n) is 10.3. The molecular formula is C14H36N2O16P4. The van der Waals surface area contributed by atoms with E-state index in [0.29, 0.717) is 0 Å². The molecule has 0 heterocycles. The standard InChI is InChI=1S/C14H36N2O16P4/c1-11(29-33(17,18)19)7-15(8-12(2)30-34(20,21)22)5-6-16(9-13(3)31-35(23,24)25)10-14(4)32-36(26,27)28/h11-14H,5-10H2,1-4H3,(H2,17,18,19)(H2,20,21,22)(H2,23,24,25)(H2,26,27,28). The molecule has 0 aromatic rings. The van der Waals surface area contributed by atoms with Gasteiger partial charge in [-0.2, -0.15) is 0 Å². The topological polar surface area (TPSA) is 274 Å². The van der Waals surface area contributed by atoms with Gasteiger partial charge in [0, 0.05) is 39.3 Å². The average Bonchev–Trinajstić information content (AvgIpc) is 2.52. The molecule has 18 nitrogen and oxygen atoms in total. The summed E-state index contributed by atoms with van der Waals surface area (Å²) in [5, 5.41) is 0. The lowest BCUT2D eigenvalue weighted by Crippen LogP contribution is -2.45. The van der Waals surface area contributed by atoms with E-state index in [1.807, 2.05) is 0 Å². The van der Waals surface area contributed by atoms with Crippen LogP contribution in [-0.2, 0) is 36.4 Å². The summed E-state index contributed by atoms with van der Waals surface area (Å²) < 4.78 is 62.9. The van der Waals surface area contributed by atoms with Crippen LogP contribution in [0.15, 0.2) is 0 Å². The van der Waals surface area contributed by atoms with Gasteiger partial charge < -0.3 is 39.1 Å². The van der Waals surface area contributed by atoms with E-state index in [2.05, 4.69) is 18.1 Å². The van der Waals surface area contributed by atoms with Gasteiger partial charge in [0.15, 0.2) is 0 Å². The minimum absolute atomic E-state index is 0.0367. The molecule has 218 valence electrons. The van der Waals surface area contributed by atoms with Crippen LogP contribution in [0.3, 0.4) is 0 Å². The van der Waals surface area contributed by atoms with E-state index in [9.17, 15) is 18.3 Å². The van der Waals surface area contributed by atoms with Crippen molar-refractivity contribution >= 4 is 31.3 Å². The Hall–Kier alpha value is 0.360. The highest BCUT2D eigenvalue weighted by molar-refractivity contribution is 7.47. The number of nitrogens with zero attached hydrogens (tertiary/aromatic N) is 2. The van der Waals surface area contributed by atoms with Crippen molar-refractivity contribution in [3.63, 3.8) is 0 Å². The smallest absolute Gasteiger partial charge is 0.303 e. The van der Waals surface area contributed by atoms with Gasteiger partial charge >= 0.3 is 31.3 Å². The summed E-state index contributed by atoms with van der Waals surface area (Å²) >= 11 is 0. The van der Waals surface area contributed by atoms with Crippen LogP contribution in [-0.4, -0.2) is 113 Å². The van der Waals surface area contributed by atoms with E-state index in [-0.39, 0.29) is 39.3 Å². The second-order valence-electron chi connectivity index (χ2n) is 8.15. The number of hydrogen-bond donors (Lipinski definition) is 8. The lowest BCUT2D eigenvalue weighted by atomic mass is 10.2. The zero-order valence-electron chi connectivity index (χ0n) is 20.1. The molecule has 0 aliphatic carbocycles. The molecule has 0 saturated carbocycles. The summed E-state index contributed by atoms with van der Waals surface area (Å²) in [6.45, 7) is 4.97. The van der Waals surface area contributed by atoms with E-state index < -0.39 is 55.7 Å². The average molecular weight is 612 g/mol. The molecular weight excluding hydrogens is 576 g/mol. The van der Waals surface area contributed by atoms with Gasteiger partial charge in [-0.25, -0.2) is 18.3 Å². The molecule has 4 unspecified atom stereocenters. The molecule has 0 aromatic carbocycles. The van der Waals surface area contributed by atoms with Crippen molar-refractivity contribution in [2.75, 3.05) is 39.3 Å². The van der Waals surface area contributed by atoms with Crippen molar-refractivity contribution in [3.05, 3.63) is 0 Å². The van der Waals surface area contributed by atoms with E-state index >= 15 is 0 Å². The fourth-order valence-corrected chi connectivity index (χ4v) is 5.46. The fourth-order valence-electron chi connectivity index (χ4n) is 3.32. The second kappa shape index (κ2) is 15.2. The molecule has 36 heavy (non-hydrogen) atoms. The van der Waals surface area contributed by atoms with Crippen LogP contribution in [0, 0.1) is 0 Å². The Morgan fingerprint density at radius 2 is 0.639 bits per heavy atom. The first kappa shape index (κ1) is 36.4. The van der Waals surface area contributed by atoms with Crippen LogP contribution in [0.4, 0.5) is 0 Å². The summed E-state index contributed by atoms with van der Waals surface area (Å²) in [7, 11) is -19.3. The molecule has 0 spiro atoms. The van der Waals surface area contributed by atoms with Gasteiger partial charge in [0.1, 0.15) is 0 Å². The van der Waals surface area contributed by atoms with Crippen molar-refractivity contribution in [2.45, 2.75) is 52.1 Å². The molecule has 0 aliphatic heterocycles. The quantitative estimate of drug-likeness (QED) is 0.0860. The van der Waals surface area contributed by atoms with Crippen molar-refractivity contribution in [2.24, 2.45) is 0 Å². The molecule has 0 fully saturated rings. The van der Waals surface area contributed by atoms with Crippen LogP contribution in [0.2, 0.25) is 0 Å². The van der Waals surface area contributed by atoms with Crippen LogP contribution in [0.1, 0.15) is 27.7 Å². The molecule has 8 N–H and O–H groups in total. The van der Waals surface area contributed by atoms with Gasteiger partial charge in [0.25, 0.3) is 0 Å². The fraction of sp³-hybridized carbons (Fsp3) is 1.00. The van der Waals surface area contributed by atoms with Crippen molar-refractivity contribution in [1.29, 1.82) is 0 Å². The van der Waals surface area contributed by atoms with E-state index in [0.717, 1.165) is 0 Å². The maximum Gasteiger partial charge on any atom is 0.469 e. The molecule has 0 bridgehead atoms. The second-order valence-corrected chi connectivity index (χ2v) is 12.9. The Balaban J connectivity index is 5.55. The molecule has 22 heteroatoms. The first-order chi connectivity index (χ1) is 15.9. The summed E-state index contributed by atoms with van der Waals surface area (Å²) in [5.74, 6) is 0. The summed E-state index contributed by atoms with van der Waals surface area (Å²) in [6, 6.07) is 0. The van der Waals surface area contributed by atoms with Gasteiger partial charge in [-0.1, -0.05) is 0 Å². The summed E-state index contributed by atoms with van der Waals surface area (Å²) in [5.41, 5.74) is 0. The number of rotatable bonds is 19. The molecule has 0 radical (unpaired) electrons. The van der Waals surface area contributed by atoms with Gasteiger partial charge in [-0.3, -0.25) is 27.9 Å². The Bertz CT molecular complexity index is 707. The Labute approximate surface area is 208 Å². The molecule has 4 atom stereocenters. The lowest BCUT2D eigenvalue weighted by Gasteiger charge is -2.33. The highest BCUT2D eigenvalue weighted by atomic mass is 31.2. The largest absolute Gasteiger partial charge is 0.469 e. The van der Waals surface area contributed by atoms with Crippen LogP contribution >= 0.6 is 31.3 Å². The first-order valence-corrected chi connectivity index (χ1v) is 16.5. The summed E-state index contributed by atoms with van der Waals surface area (Å²) in [4.78, 5) is 75.1. The molecule has 0 aliphatic rings. The monoisotopic (exact) mass is 612 g/mol. The maximum atomic E-state index is 11.1. The third-order valence-electron chi connectivity index (χ3n) is 4.06. The van der Waals surface area contributed by atoms with Crippen molar-refractivity contribution in [3.8, 4) is 0 Å². The van der Waals surface area contributed by atoms with E-state index in [1.165, 1.54) is 37.5 Å². The van der Waals surface area contributed by atoms with Crippen LogP contribution in [0.5, 0.6) is 0 Å². The Morgan fingerprint density at radius 3 is 0.778 bits per heavy atom. The minimum atomic E-state index is -4.84. The van der Waals surface area contributed by atoms with Gasteiger partial charge in [0.2, 0.25) is 0 Å². The molecule has 0 rings (SSSR count). The molecule has 0 aromatic heterocycles. The lowest BCUT2D eigenvalue weighted by molar-refractivity contribution is 0.0472. The number of phosphoric acid groups is 4. The minimum Gasteiger partial charge on any atom is -0.303 e. The third kappa shape index (κ3) is 22.4. The highest BCUT2D eigenvalue weighted by Crippen LogP contribution is 2.40. The number of phosphoric ester groups is 4. The molecule has 0 saturated heterocycles. The zero-order valence-corrected chi connectivity index (χ0v) is 23.7. The highest BCUT2D eigenvalue weighted by Gasteiger charge is 2.27. The van der Waals surface area contributed by atoms with Gasteiger partial charge in [-0.05, 0) is 27.7 Å². The van der Waals surface area contributed by atoms with E-state index in [4.69, 9.17) is 39.1 Å². The van der Waals surface area contributed by atoms with Crippen LogP contribution in [0.25, 0.3) is 0 Å². The summed E-state index contributed by atoms with van der Waals surface area (Å²) in [6.07, 6.45) is -4.13. The zero-order chi connectivity index (χ0) is 28.5. The Morgan fingerprint density at radius 1 is 0.472 bits per heavy atom. The van der Waals surface area contributed by atoms with E-state index in [1.54, 1.807) is 0 Å². The Kier molecular flexibility index (Phi) is 15.4.